The molecule has 0 amide bonds. The van der Waals surface area contributed by atoms with E-state index in [4.69, 9.17) is 0 Å². The van der Waals surface area contributed by atoms with Gasteiger partial charge in [0.25, 0.3) is 0 Å². The third kappa shape index (κ3) is 3.96. The molecule has 0 radical (unpaired) electrons. The van der Waals surface area contributed by atoms with E-state index in [1.54, 1.807) is 0 Å². The smallest absolute Gasteiger partial charge is 0.0105 e. The van der Waals surface area contributed by atoms with Crippen LogP contribution >= 0.6 is 0 Å². The van der Waals surface area contributed by atoms with Crippen LogP contribution in [0.2, 0.25) is 0 Å². The molecular weight excluding hydrogens is 208 g/mol. The molecule has 0 aromatic rings. The Morgan fingerprint density at radius 2 is 2.00 bits per heavy atom. The summed E-state index contributed by atoms with van der Waals surface area (Å²) in [4.78, 5) is 2.72. The standard InChI is InChI=1S/C15H30N2/c1-4-5-14-8-9-17(11-14)13(3)12(2)10-16-15-6-7-15/h12-16H,4-11H2,1-3H3. The van der Waals surface area contributed by atoms with E-state index in [1.807, 2.05) is 0 Å². The molecule has 1 saturated heterocycles. The Labute approximate surface area is 107 Å². The fraction of sp³-hybridized carbons (Fsp3) is 1.00. The lowest BCUT2D eigenvalue weighted by Gasteiger charge is -2.30. The van der Waals surface area contributed by atoms with E-state index < -0.39 is 0 Å². The van der Waals surface area contributed by atoms with Crippen molar-refractivity contribution in [3.63, 3.8) is 0 Å². The Balaban J connectivity index is 1.68. The second kappa shape index (κ2) is 6.19. The van der Waals surface area contributed by atoms with E-state index in [2.05, 4.69) is 31.0 Å². The molecule has 1 saturated carbocycles. The molecule has 0 aromatic carbocycles. The van der Waals surface area contributed by atoms with Crippen LogP contribution in [0.4, 0.5) is 0 Å². The highest BCUT2D eigenvalue weighted by Crippen LogP contribution is 2.25. The lowest BCUT2D eigenvalue weighted by molar-refractivity contribution is 0.188. The highest BCUT2D eigenvalue weighted by atomic mass is 15.2. The zero-order valence-electron chi connectivity index (χ0n) is 11.9. The topological polar surface area (TPSA) is 15.3 Å². The summed E-state index contributed by atoms with van der Waals surface area (Å²) in [5, 5.41) is 3.67. The van der Waals surface area contributed by atoms with Crippen LogP contribution in [0.15, 0.2) is 0 Å². The molecule has 100 valence electrons. The Bertz CT molecular complexity index is 225. The Hall–Kier alpha value is -0.0800. The fourth-order valence-corrected chi connectivity index (χ4v) is 3.05. The molecule has 2 nitrogen and oxygen atoms in total. The molecule has 0 bridgehead atoms. The van der Waals surface area contributed by atoms with Crippen LogP contribution in [0, 0.1) is 11.8 Å². The van der Waals surface area contributed by atoms with Crippen LogP contribution in [0.3, 0.4) is 0 Å². The normalized spacial score (nSPS) is 29.5. The summed E-state index contributed by atoms with van der Waals surface area (Å²) in [5.41, 5.74) is 0. The predicted octanol–water partition coefficient (Wildman–Crippen LogP) is 2.89. The van der Waals surface area contributed by atoms with E-state index in [1.165, 1.54) is 51.7 Å². The van der Waals surface area contributed by atoms with Crippen molar-refractivity contribution in [1.82, 2.24) is 10.2 Å². The molecule has 2 fully saturated rings. The van der Waals surface area contributed by atoms with Gasteiger partial charge in [0.05, 0.1) is 0 Å². The van der Waals surface area contributed by atoms with Crippen molar-refractivity contribution in [3.05, 3.63) is 0 Å². The first-order valence-electron chi connectivity index (χ1n) is 7.68. The molecule has 1 aliphatic carbocycles. The zero-order chi connectivity index (χ0) is 12.3. The lowest BCUT2D eigenvalue weighted by Crippen LogP contribution is -2.40. The van der Waals surface area contributed by atoms with Crippen LogP contribution in [0.25, 0.3) is 0 Å². The van der Waals surface area contributed by atoms with E-state index in [9.17, 15) is 0 Å². The number of nitrogens with one attached hydrogen (secondary N) is 1. The summed E-state index contributed by atoms with van der Waals surface area (Å²) in [6, 6.07) is 1.61. The quantitative estimate of drug-likeness (QED) is 0.733. The number of likely N-dealkylation sites (tertiary alicyclic amines) is 1. The van der Waals surface area contributed by atoms with E-state index >= 15 is 0 Å². The average Bonchev–Trinajstić information content (AvgIpc) is 3.04. The molecule has 1 N–H and O–H groups in total. The van der Waals surface area contributed by atoms with Gasteiger partial charge in [0.2, 0.25) is 0 Å². The van der Waals surface area contributed by atoms with Gasteiger partial charge in [-0.2, -0.15) is 0 Å². The number of hydrogen-bond acceptors (Lipinski definition) is 2. The number of hydrogen-bond donors (Lipinski definition) is 1. The first kappa shape index (κ1) is 13.4. The molecule has 1 aliphatic heterocycles. The highest BCUT2D eigenvalue weighted by Gasteiger charge is 2.29. The van der Waals surface area contributed by atoms with Gasteiger partial charge in [-0.3, -0.25) is 0 Å². The van der Waals surface area contributed by atoms with Gasteiger partial charge in [-0.05, 0) is 57.5 Å². The second-order valence-corrected chi connectivity index (χ2v) is 6.34. The van der Waals surface area contributed by atoms with E-state index in [-0.39, 0.29) is 0 Å². The van der Waals surface area contributed by atoms with Gasteiger partial charge in [-0.1, -0.05) is 20.3 Å². The molecule has 1 heterocycles. The van der Waals surface area contributed by atoms with Crippen molar-refractivity contribution in [3.8, 4) is 0 Å². The summed E-state index contributed by atoms with van der Waals surface area (Å²) < 4.78 is 0. The third-order valence-electron chi connectivity index (χ3n) is 4.72. The van der Waals surface area contributed by atoms with Crippen molar-refractivity contribution in [2.75, 3.05) is 19.6 Å². The van der Waals surface area contributed by atoms with Crippen molar-refractivity contribution >= 4 is 0 Å². The maximum absolute atomic E-state index is 3.67. The molecular formula is C15H30N2. The largest absolute Gasteiger partial charge is 0.314 e. The second-order valence-electron chi connectivity index (χ2n) is 6.34. The maximum Gasteiger partial charge on any atom is 0.0105 e. The Morgan fingerprint density at radius 1 is 1.24 bits per heavy atom. The average molecular weight is 238 g/mol. The predicted molar refractivity (Wildman–Crippen MR) is 74.2 cm³/mol. The summed E-state index contributed by atoms with van der Waals surface area (Å²) in [7, 11) is 0. The van der Waals surface area contributed by atoms with Gasteiger partial charge in [0.1, 0.15) is 0 Å². The van der Waals surface area contributed by atoms with Crippen LogP contribution < -0.4 is 5.32 Å². The third-order valence-corrected chi connectivity index (χ3v) is 4.72. The van der Waals surface area contributed by atoms with E-state index in [0.717, 1.165) is 23.9 Å². The summed E-state index contributed by atoms with van der Waals surface area (Å²) in [5.74, 6) is 1.77. The van der Waals surface area contributed by atoms with Gasteiger partial charge >= 0.3 is 0 Å². The molecule has 2 aliphatic rings. The summed E-state index contributed by atoms with van der Waals surface area (Å²) in [6.45, 7) is 11.0. The van der Waals surface area contributed by atoms with Crippen molar-refractivity contribution in [1.29, 1.82) is 0 Å². The Kier molecular flexibility index (Phi) is 4.87. The van der Waals surface area contributed by atoms with Gasteiger partial charge in [0, 0.05) is 18.6 Å². The van der Waals surface area contributed by atoms with Crippen molar-refractivity contribution in [2.45, 2.75) is 65.0 Å². The summed E-state index contributed by atoms with van der Waals surface area (Å²) >= 11 is 0. The monoisotopic (exact) mass is 238 g/mol. The lowest BCUT2D eigenvalue weighted by atomic mass is 10.0. The first-order chi connectivity index (χ1) is 8.20. The molecule has 0 spiro atoms. The highest BCUT2D eigenvalue weighted by molar-refractivity contribution is 4.85. The van der Waals surface area contributed by atoms with Gasteiger partial charge in [0.15, 0.2) is 0 Å². The Morgan fingerprint density at radius 3 is 2.65 bits per heavy atom. The molecule has 17 heavy (non-hydrogen) atoms. The first-order valence-corrected chi connectivity index (χ1v) is 7.68. The van der Waals surface area contributed by atoms with Crippen LogP contribution in [0.5, 0.6) is 0 Å². The number of rotatable bonds is 7. The minimum atomic E-state index is 0.753. The minimum Gasteiger partial charge on any atom is -0.314 e. The molecule has 2 heteroatoms. The molecule has 3 unspecified atom stereocenters. The van der Waals surface area contributed by atoms with Crippen LogP contribution in [-0.4, -0.2) is 36.6 Å². The van der Waals surface area contributed by atoms with Gasteiger partial charge in [-0.15, -0.1) is 0 Å². The number of nitrogens with zero attached hydrogens (tertiary/aromatic N) is 1. The van der Waals surface area contributed by atoms with Crippen LogP contribution in [-0.2, 0) is 0 Å². The summed E-state index contributed by atoms with van der Waals surface area (Å²) in [6.07, 6.45) is 7.03. The zero-order valence-corrected chi connectivity index (χ0v) is 11.9. The minimum absolute atomic E-state index is 0.753. The van der Waals surface area contributed by atoms with E-state index in [0.29, 0.717) is 0 Å². The van der Waals surface area contributed by atoms with Crippen molar-refractivity contribution < 1.29 is 0 Å². The molecule has 3 atom stereocenters. The van der Waals surface area contributed by atoms with Crippen LogP contribution in [0.1, 0.15) is 52.9 Å². The van der Waals surface area contributed by atoms with Gasteiger partial charge in [-0.25, -0.2) is 0 Å². The fourth-order valence-electron chi connectivity index (χ4n) is 3.05. The SMILES string of the molecule is CCCC1CCN(C(C)C(C)CNC2CC2)C1. The molecule has 0 aromatic heterocycles. The van der Waals surface area contributed by atoms with Gasteiger partial charge < -0.3 is 10.2 Å². The molecule has 2 rings (SSSR count). The maximum atomic E-state index is 3.67. The van der Waals surface area contributed by atoms with Crippen molar-refractivity contribution in [2.24, 2.45) is 11.8 Å².